The van der Waals surface area contributed by atoms with E-state index in [1.807, 2.05) is 6.08 Å². The second-order valence-corrected chi connectivity index (χ2v) is 8.32. The fourth-order valence-corrected chi connectivity index (χ4v) is 4.37. The molecule has 3 heteroatoms. The molecule has 0 spiro atoms. The van der Waals surface area contributed by atoms with Crippen molar-refractivity contribution >= 4 is 11.5 Å². The molecular weight excluding hydrogens is 308 g/mol. The van der Waals surface area contributed by atoms with Gasteiger partial charge in [0.15, 0.2) is 5.78 Å². The molecule has 1 heterocycles. The lowest BCUT2D eigenvalue weighted by atomic mass is 9.81. The fourth-order valence-electron chi connectivity index (χ4n) is 4.37. The van der Waals surface area contributed by atoms with E-state index in [9.17, 15) is 4.79 Å². The van der Waals surface area contributed by atoms with E-state index >= 15 is 0 Å². The van der Waals surface area contributed by atoms with Crippen molar-refractivity contribution in [1.82, 2.24) is 5.32 Å². The Kier molecular flexibility index (Phi) is 5.33. The molecule has 0 amide bonds. The summed E-state index contributed by atoms with van der Waals surface area (Å²) < 4.78 is 0. The van der Waals surface area contributed by atoms with Crippen LogP contribution in [0, 0.1) is 5.92 Å². The van der Waals surface area contributed by atoms with Gasteiger partial charge in [-0.3, -0.25) is 4.79 Å². The molecule has 3 N–H and O–H groups in total. The van der Waals surface area contributed by atoms with Crippen molar-refractivity contribution in [3.05, 3.63) is 40.5 Å². The van der Waals surface area contributed by atoms with E-state index in [2.05, 4.69) is 38.2 Å². The Morgan fingerprint density at radius 3 is 2.60 bits per heavy atom. The molecule has 1 fully saturated rings. The third-order valence-electron chi connectivity index (χ3n) is 5.72. The van der Waals surface area contributed by atoms with Crippen LogP contribution in [-0.2, 0) is 24.2 Å². The van der Waals surface area contributed by atoms with Gasteiger partial charge in [0.2, 0.25) is 0 Å². The molecular formula is C22H32N2O. The number of hydrogen-bond donors (Lipinski definition) is 2. The van der Waals surface area contributed by atoms with Crippen LogP contribution in [0.2, 0.25) is 0 Å². The quantitative estimate of drug-likeness (QED) is 0.811. The van der Waals surface area contributed by atoms with E-state index in [0.29, 0.717) is 12.3 Å². The van der Waals surface area contributed by atoms with Gasteiger partial charge in [-0.2, -0.15) is 0 Å². The lowest BCUT2D eigenvalue weighted by Gasteiger charge is -2.36. The van der Waals surface area contributed by atoms with Gasteiger partial charge in [0.1, 0.15) is 0 Å². The molecule has 136 valence electrons. The van der Waals surface area contributed by atoms with Crippen molar-refractivity contribution in [2.45, 2.75) is 77.8 Å². The Morgan fingerprint density at radius 1 is 1.24 bits per heavy atom. The zero-order chi connectivity index (χ0) is 18.0. The molecule has 3 rings (SSSR count). The number of hydrogen-bond acceptors (Lipinski definition) is 3. The molecule has 0 unspecified atom stereocenters. The third kappa shape index (κ3) is 3.98. The van der Waals surface area contributed by atoms with Crippen molar-refractivity contribution in [2.24, 2.45) is 11.7 Å². The van der Waals surface area contributed by atoms with Crippen molar-refractivity contribution in [2.75, 3.05) is 0 Å². The molecule has 0 bridgehead atoms. The summed E-state index contributed by atoms with van der Waals surface area (Å²) in [6, 6.07) is 4.51. The molecule has 1 aliphatic carbocycles. The number of fused-ring (bicyclic) bond motifs is 1. The van der Waals surface area contributed by atoms with Crippen molar-refractivity contribution in [3.63, 3.8) is 0 Å². The monoisotopic (exact) mass is 340 g/mol. The number of benzene rings is 1. The predicted octanol–water partition coefficient (Wildman–Crippen LogP) is 4.12. The minimum Gasteiger partial charge on any atom is -0.379 e. The van der Waals surface area contributed by atoms with E-state index in [1.165, 1.54) is 41.5 Å². The smallest absolute Gasteiger partial charge is 0.160 e. The van der Waals surface area contributed by atoms with Gasteiger partial charge in [0, 0.05) is 35.3 Å². The highest BCUT2D eigenvalue weighted by atomic mass is 16.1. The Labute approximate surface area is 152 Å². The average molecular weight is 341 g/mol. The maximum Gasteiger partial charge on any atom is 0.160 e. The Morgan fingerprint density at radius 2 is 1.96 bits per heavy atom. The zero-order valence-corrected chi connectivity index (χ0v) is 16.0. The molecule has 0 radical (unpaired) electrons. The van der Waals surface area contributed by atoms with E-state index in [0.717, 1.165) is 31.4 Å². The number of ketones is 1. The highest BCUT2D eigenvalue weighted by Gasteiger charge is 2.29. The molecule has 1 aliphatic heterocycles. The predicted molar refractivity (Wildman–Crippen MR) is 104 cm³/mol. The molecule has 3 nitrogen and oxygen atoms in total. The summed E-state index contributed by atoms with van der Waals surface area (Å²) in [7, 11) is 0. The minimum absolute atomic E-state index is 0.0408. The second-order valence-electron chi connectivity index (χ2n) is 8.32. The standard InChI is InChI=1S/C22H32N2O/c1-4-15-10-17-13-22(2,3)24-20(19(17)11-18(15)14-23)12-21(25)16-8-6-5-7-9-16/h10-12,16,24H,4-9,13-14,23H2,1-3H3/b20-12-. The SMILES string of the molecule is CCc1cc2c(cc1CN)/C(=C/C(=O)C1CCCCC1)NC(C)(C)C2. The van der Waals surface area contributed by atoms with Crippen LogP contribution in [0.3, 0.4) is 0 Å². The number of allylic oxidation sites excluding steroid dienone is 1. The summed E-state index contributed by atoms with van der Waals surface area (Å²) in [5.41, 5.74) is 11.9. The van der Waals surface area contributed by atoms with Crippen LogP contribution in [0.25, 0.3) is 5.70 Å². The van der Waals surface area contributed by atoms with E-state index in [-0.39, 0.29) is 11.5 Å². The molecule has 25 heavy (non-hydrogen) atoms. The highest BCUT2D eigenvalue weighted by Crippen LogP contribution is 2.33. The van der Waals surface area contributed by atoms with Gasteiger partial charge in [-0.05, 0) is 62.3 Å². The van der Waals surface area contributed by atoms with Crippen LogP contribution in [-0.4, -0.2) is 11.3 Å². The number of carbonyl (C=O) groups excluding carboxylic acids is 1. The first kappa shape index (κ1) is 18.2. The van der Waals surface area contributed by atoms with Crippen LogP contribution in [0.5, 0.6) is 0 Å². The molecule has 0 saturated heterocycles. The van der Waals surface area contributed by atoms with Crippen LogP contribution in [0.4, 0.5) is 0 Å². The highest BCUT2D eigenvalue weighted by molar-refractivity contribution is 5.98. The number of nitrogens with one attached hydrogen (secondary N) is 1. The van der Waals surface area contributed by atoms with E-state index < -0.39 is 0 Å². The summed E-state index contributed by atoms with van der Waals surface area (Å²) in [5.74, 6) is 0.500. The zero-order valence-electron chi connectivity index (χ0n) is 16.0. The van der Waals surface area contributed by atoms with Crippen molar-refractivity contribution in [1.29, 1.82) is 0 Å². The third-order valence-corrected chi connectivity index (χ3v) is 5.72. The van der Waals surface area contributed by atoms with Gasteiger partial charge < -0.3 is 11.1 Å². The van der Waals surface area contributed by atoms with Gasteiger partial charge in [-0.25, -0.2) is 0 Å². The maximum atomic E-state index is 12.8. The summed E-state index contributed by atoms with van der Waals surface area (Å²) in [5, 5.41) is 3.61. The van der Waals surface area contributed by atoms with Crippen molar-refractivity contribution in [3.8, 4) is 0 Å². The van der Waals surface area contributed by atoms with Gasteiger partial charge >= 0.3 is 0 Å². The molecule has 2 aliphatic rings. The summed E-state index contributed by atoms with van der Waals surface area (Å²) in [6.07, 6.45) is 9.57. The molecule has 0 atom stereocenters. The lowest BCUT2D eigenvalue weighted by molar-refractivity contribution is -0.119. The number of carbonyl (C=O) groups is 1. The van der Waals surface area contributed by atoms with Crippen molar-refractivity contribution < 1.29 is 4.79 Å². The second kappa shape index (κ2) is 7.33. The van der Waals surface area contributed by atoms with Crippen LogP contribution >= 0.6 is 0 Å². The summed E-state index contributed by atoms with van der Waals surface area (Å²) in [4.78, 5) is 12.8. The first-order valence-electron chi connectivity index (χ1n) is 9.82. The van der Waals surface area contributed by atoms with Gasteiger partial charge in [-0.1, -0.05) is 32.3 Å². The van der Waals surface area contributed by atoms with Gasteiger partial charge in [-0.15, -0.1) is 0 Å². The lowest BCUT2D eigenvalue weighted by Crippen LogP contribution is -2.44. The normalized spacial score (nSPS) is 21.7. The van der Waals surface area contributed by atoms with Crippen LogP contribution in [0.15, 0.2) is 18.2 Å². The number of nitrogens with two attached hydrogens (primary N) is 1. The Bertz CT molecular complexity index is 682. The molecule has 1 aromatic carbocycles. The number of aryl methyl sites for hydroxylation is 1. The largest absolute Gasteiger partial charge is 0.379 e. The molecule has 1 saturated carbocycles. The van der Waals surface area contributed by atoms with Gasteiger partial charge in [0.25, 0.3) is 0 Å². The number of rotatable bonds is 4. The first-order chi connectivity index (χ1) is 11.9. The topological polar surface area (TPSA) is 55.1 Å². The summed E-state index contributed by atoms with van der Waals surface area (Å²) >= 11 is 0. The fraction of sp³-hybridized carbons (Fsp3) is 0.591. The van der Waals surface area contributed by atoms with E-state index in [4.69, 9.17) is 5.73 Å². The van der Waals surface area contributed by atoms with Gasteiger partial charge in [0.05, 0.1) is 0 Å². The van der Waals surface area contributed by atoms with E-state index in [1.54, 1.807) is 0 Å². The minimum atomic E-state index is -0.0408. The first-order valence-corrected chi connectivity index (χ1v) is 9.82. The average Bonchev–Trinajstić information content (AvgIpc) is 2.60. The summed E-state index contributed by atoms with van der Waals surface area (Å²) in [6.45, 7) is 7.13. The molecule has 0 aromatic heterocycles. The van der Waals surface area contributed by atoms with Crippen LogP contribution < -0.4 is 11.1 Å². The van der Waals surface area contributed by atoms with Crippen LogP contribution in [0.1, 0.15) is 75.1 Å². The Balaban J connectivity index is 1.99. The Hall–Kier alpha value is -1.61. The maximum absolute atomic E-state index is 12.8. The molecule has 1 aromatic rings.